The first kappa shape index (κ1) is 24.6. The lowest BCUT2D eigenvalue weighted by molar-refractivity contribution is -0.164. The van der Waals surface area contributed by atoms with Crippen molar-refractivity contribution in [3.05, 3.63) is 46.5 Å². The summed E-state index contributed by atoms with van der Waals surface area (Å²) in [6.45, 7) is 10.2. The van der Waals surface area contributed by atoms with Crippen LogP contribution in [-0.4, -0.2) is 38.5 Å². The molecule has 0 aromatic heterocycles. The maximum Gasteiger partial charge on any atom is 0.411 e. The highest BCUT2D eigenvalue weighted by Gasteiger charge is 2.33. The molecule has 0 saturated heterocycles. The second-order valence-electron chi connectivity index (χ2n) is 9.18. The molecule has 0 fully saturated rings. The molecule has 178 valence electrons. The molecule has 1 atom stereocenters. The summed E-state index contributed by atoms with van der Waals surface area (Å²) in [7, 11) is 2.65. The predicted octanol–water partition coefficient (Wildman–Crippen LogP) is 5.50. The average Bonchev–Trinajstić information content (AvgIpc) is 2.78. The number of carbonyl (C=O) groups is 2. The van der Waals surface area contributed by atoms with Crippen LogP contribution >= 0.6 is 0 Å². The Kier molecular flexibility index (Phi) is 7.32. The SMILES string of the molecule is COC(=O)Nc1cc(C)c(-c2ccc3c(c2)CCCO3)c(C(OC(C)(C)C)C(=O)OC)c1C. The van der Waals surface area contributed by atoms with E-state index in [1.165, 1.54) is 14.2 Å². The second kappa shape index (κ2) is 9.83. The Morgan fingerprint density at radius 1 is 1.09 bits per heavy atom. The molecule has 7 heteroatoms. The van der Waals surface area contributed by atoms with Crippen LogP contribution in [0.3, 0.4) is 0 Å². The normalized spacial score (nSPS) is 14.0. The molecular formula is C26H33NO6. The summed E-state index contributed by atoms with van der Waals surface area (Å²) in [6.07, 6.45) is 0.308. The third kappa shape index (κ3) is 5.47. The molecule has 1 heterocycles. The van der Waals surface area contributed by atoms with E-state index in [0.717, 1.165) is 40.8 Å². The topological polar surface area (TPSA) is 83.1 Å². The molecule has 2 aromatic carbocycles. The highest BCUT2D eigenvalue weighted by molar-refractivity contribution is 5.91. The van der Waals surface area contributed by atoms with E-state index in [2.05, 4.69) is 11.4 Å². The zero-order valence-electron chi connectivity index (χ0n) is 20.5. The number of hydrogen-bond donors (Lipinski definition) is 1. The Morgan fingerprint density at radius 2 is 1.82 bits per heavy atom. The largest absolute Gasteiger partial charge is 0.493 e. The van der Waals surface area contributed by atoms with Crippen LogP contribution in [0.1, 0.15) is 55.5 Å². The number of rotatable bonds is 5. The lowest BCUT2D eigenvalue weighted by atomic mass is 9.86. The van der Waals surface area contributed by atoms with Crippen LogP contribution < -0.4 is 10.1 Å². The van der Waals surface area contributed by atoms with Crippen molar-refractivity contribution in [1.82, 2.24) is 0 Å². The molecule has 0 bridgehead atoms. The van der Waals surface area contributed by atoms with Crippen LogP contribution in [0, 0.1) is 13.8 Å². The first-order valence-electron chi connectivity index (χ1n) is 11.1. The van der Waals surface area contributed by atoms with E-state index in [4.69, 9.17) is 18.9 Å². The first-order chi connectivity index (χ1) is 15.6. The van der Waals surface area contributed by atoms with Crippen molar-refractivity contribution >= 4 is 17.7 Å². The molecule has 1 unspecified atom stereocenters. The third-order valence-corrected chi connectivity index (χ3v) is 5.60. The minimum absolute atomic E-state index is 0.509. The zero-order chi connectivity index (χ0) is 24.3. The monoisotopic (exact) mass is 455 g/mol. The van der Waals surface area contributed by atoms with E-state index in [1.54, 1.807) is 0 Å². The van der Waals surface area contributed by atoms with E-state index in [-0.39, 0.29) is 0 Å². The van der Waals surface area contributed by atoms with Crippen LogP contribution in [0.4, 0.5) is 10.5 Å². The summed E-state index contributed by atoms with van der Waals surface area (Å²) >= 11 is 0. The van der Waals surface area contributed by atoms with E-state index in [0.29, 0.717) is 23.4 Å². The predicted molar refractivity (Wildman–Crippen MR) is 127 cm³/mol. The average molecular weight is 456 g/mol. The van der Waals surface area contributed by atoms with Crippen molar-refractivity contribution in [3.8, 4) is 16.9 Å². The number of amides is 1. The van der Waals surface area contributed by atoms with Gasteiger partial charge in [0.1, 0.15) is 5.75 Å². The fourth-order valence-corrected chi connectivity index (χ4v) is 4.15. The standard InChI is InChI=1S/C26H33NO6/c1-15-13-19(27-25(29)31-7)16(2)22(23(24(28)30-6)33-26(3,4)5)21(15)18-10-11-20-17(14-18)9-8-12-32-20/h10-11,13-14,23H,8-9,12H2,1-7H3,(H,27,29). The number of hydrogen-bond acceptors (Lipinski definition) is 6. The van der Waals surface area contributed by atoms with Gasteiger partial charge in [0.25, 0.3) is 0 Å². The van der Waals surface area contributed by atoms with Crippen molar-refractivity contribution in [2.24, 2.45) is 0 Å². The number of carbonyl (C=O) groups excluding carboxylic acids is 2. The lowest BCUT2D eigenvalue weighted by Crippen LogP contribution is -2.29. The molecule has 2 aromatic rings. The number of aryl methyl sites for hydroxylation is 2. The molecule has 0 aliphatic carbocycles. The summed E-state index contributed by atoms with van der Waals surface area (Å²) in [5, 5.41) is 2.76. The van der Waals surface area contributed by atoms with E-state index < -0.39 is 23.8 Å². The van der Waals surface area contributed by atoms with Crippen LogP contribution in [0.15, 0.2) is 24.3 Å². The molecule has 1 N–H and O–H groups in total. The molecule has 7 nitrogen and oxygen atoms in total. The number of nitrogens with one attached hydrogen (secondary N) is 1. The van der Waals surface area contributed by atoms with Crippen LogP contribution in [0.2, 0.25) is 0 Å². The Bertz CT molecular complexity index is 1050. The molecule has 0 spiro atoms. The maximum absolute atomic E-state index is 13.0. The molecular weight excluding hydrogens is 422 g/mol. The quantitative estimate of drug-likeness (QED) is 0.599. The number of anilines is 1. The number of methoxy groups -OCH3 is 2. The van der Waals surface area contributed by atoms with Gasteiger partial charge in [-0.3, -0.25) is 5.32 Å². The van der Waals surface area contributed by atoms with Gasteiger partial charge in [0.2, 0.25) is 0 Å². The van der Waals surface area contributed by atoms with Gasteiger partial charge in [-0.05, 0) is 93.5 Å². The number of ether oxygens (including phenoxy) is 4. The molecule has 1 amide bonds. The number of fused-ring (bicyclic) bond motifs is 1. The fraction of sp³-hybridized carbons (Fsp3) is 0.462. The summed E-state index contributed by atoms with van der Waals surface area (Å²) in [6, 6.07) is 7.96. The molecule has 33 heavy (non-hydrogen) atoms. The van der Waals surface area contributed by atoms with Gasteiger partial charge in [-0.25, -0.2) is 9.59 Å². The smallest absolute Gasteiger partial charge is 0.411 e. The minimum atomic E-state index is -0.990. The van der Waals surface area contributed by atoms with Crippen molar-refractivity contribution in [2.75, 3.05) is 26.1 Å². The molecule has 0 saturated carbocycles. The minimum Gasteiger partial charge on any atom is -0.493 e. The summed E-state index contributed by atoms with van der Waals surface area (Å²) in [5.74, 6) is 0.380. The Morgan fingerprint density at radius 3 is 2.45 bits per heavy atom. The van der Waals surface area contributed by atoms with Crippen LogP contribution in [-0.2, 0) is 25.4 Å². The van der Waals surface area contributed by atoms with Crippen LogP contribution in [0.5, 0.6) is 5.75 Å². The van der Waals surface area contributed by atoms with E-state index in [9.17, 15) is 9.59 Å². The van der Waals surface area contributed by atoms with Gasteiger partial charge >= 0.3 is 12.1 Å². The Balaban J connectivity index is 2.28. The second-order valence-corrected chi connectivity index (χ2v) is 9.18. The maximum atomic E-state index is 13.0. The zero-order valence-corrected chi connectivity index (χ0v) is 20.5. The van der Waals surface area contributed by atoms with Crippen molar-refractivity contribution in [3.63, 3.8) is 0 Å². The van der Waals surface area contributed by atoms with Crippen molar-refractivity contribution < 1.29 is 28.5 Å². The van der Waals surface area contributed by atoms with Gasteiger partial charge in [-0.2, -0.15) is 0 Å². The van der Waals surface area contributed by atoms with Gasteiger partial charge in [-0.15, -0.1) is 0 Å². The van der Waals surface area contributed by atoms with E-state index in [1.807, 2.05) is 52.8 Å². The highest BCUT2D eigenvalue weighted by Crippen LogP contribution is 2.42. The fourth-order valence-electron chi connectivity index (χ4n) is 4.15. The first-order valence-corrected chi connectivity index (χ1v) is 11.1. The molecule has 1 aliphatic heterocycles. The summed E-state index contributed by atoms with van der Waals surface area (Å²) in [4.78, 5) is 25.0. The van der Waals surface area contributed by atoms with Crippen molar-refractivity contribution in [1.29, 1.82) is 0 Å². The molecule has 0 radical (unpaired) electrons. The van der Waals surface area contributed by atoms with E-state index >= 15 is 0 Å². The Hall–Kier alpha value is -3.06. The summed E-state index contributed by atoms with van der Waals surface area (Å²) in [5.41, 5.74) is 5.11. The lowest BCUT2D eigenvalue weighted by Gasteiger charge is -2.30. The molecule has 3 rings (SSSR count). The van der Waals surface area contributed by atoms with Gasteiger partial charge < -0.3 is 18.9 Å². The van der Waals surface area contributed by atoms with Gasteiger partial charge in [0.05, 0.1) is 26.4 Å². The number of esters is 1. The van der Waals surface area contributed by atoms with Crippen LogP contribution in [0.25, 0.3) is 11.1 Å². The van der Waals surface area contributed by atoms with Crippen molar-refractivity contribution in [2.45, 2.75) is 59.2 Å². The van der Waals surface area contributed by atoms with Gasteiger partial charge in [-0.1, -0.05) is 6.07 Å². The van der Waals surface area contributed by atoms with Gasteiger partial charge in [0.15, 0.2) is 6.10 Å². The molecule has 1 aliphatic rings. The number of benzene rings is 2. The van der Waals surface area contributed by atoms with Gasteiger partial charge in [0, 0.05) is 11.3 Å². The Labute approximate surface area is 195 Å². The summed E-state index contributed by atoms with van der Waals surface area (Å²) < 4.78 is 21.9. The highest BCUT2D eigenvalue weighted by atomic mass is 16.6. The third-order valence-electron chi connectivity index (χ3n) is 5.60.